The van der Waals surface area contributed by atoms with Crippen LogP contribution in [-0.2, 0) is 19.9 Å². The van der Waals surface area contributed by atoms with Crippen LogP contribution in [0.25, 0.3) is 10.2 Å². The molecule has 0 bridgehead atoms. The van der Waals surface area contributed by atoms with Crippen LogP contribution in [0.4, 0.5) is 5.69 Å². The summed E-state index contributed by atoms with van der Waals surface area (Å²) < 4.78 is 51.3. The summed E-state index contributed by atoms with van der Waals surface area (Å²) in [5.41, 5.74) is 1.51. The van der Waals surface area contributed by atoms with Crippen LogP contribution in [0, 0.1) is 6.92 Å². The number of hydrogen-bond acceptors (Lipinski definition) is 6. The molecule has 9 heteroatoms. The predicted octanol–water partition coefficient (Wildman–Crippen LogP) is 2.81. The quantitative estimate of drug-likeness (QED) is 0.749. The zero-order chi connectivity index (χ0) is 17.5. The highest BCUT2D eigenvalue weighted by molar-refractivity contribution is 7.93. The maximum atomic E-state index is 12.5. The van der Waals surface area contributed by atoms with Gasteiger partial charge < -0.3 is 0 Å². The minimum absolute atomic E-state index is 0.0106. The molecule has 1 aromatic heterocycles. The van der Waals surface area contributed by atoms with Crippen LogP contribution in [0.5, 0.6) is 0 Å². The lowest BCUT2D eigenvalue weighted by Crippen LogP contribution is -2.14. The van der Waals surface area contributed by atoms with Gasteiger partial charge >= 0.3 is 0 Å². The van der Waals surface area contributed by atoms with E-state index in [0.717, 1.165) is 17.6 Å². The molecule has 0 unspecified atom stereocenters. The molecule has 0 saturated carbocycles. The number of thiazole rings is 1. The maximum absolute atomic E-state index is 12.5. The molecular weight excluding hydrogens is 368 g/mol. The Morgan fingerprint density at radius 1 is 1.04 bits per heavy atom. The van der Waals surface area contributed by atoms with E-state index in [0.29, 0.717) is 21.5 Å². The molecule has 2 aromatic carbocycles. The zero-order valence-corrected chi connectivity index (χ0v) is 15.3. The number of nitrogens with one attached hydrogen (secondary N) is 1. The SMILES string of the molecule is Cc1ccccc1S(=O)(=O)Nc1ccc2nc(S(C)(=O)=O)sc2c1. The van der Waals surface area contributed by atoms with Crippen LogP contribution in [0.15, 0.2) is 51.7 Å². The number of sulfone groups is 1. The van der Waals surface area contributed by atoms with E-state index in [2.05, 4.69) is 9.71 Å². The fourth-order valence-electron chi connectivity index (χ4n) is 2.19. The van der Waals surface area contributed by atoms with Gasteiger partial charge in [0.2, 0.25) is 14.2 Å². The number of hydrogen-bond donors (Lipinski definition) is 1. The fraction of sp³-hybridized carbons (Fsp3) is 0.133. The van der Waals surface area contributed by atoms with Crippen LogP contribution < -0.4 is 4.72 Å². The molecule has 0 radical (unpaired) electrons. The number of aromatic nitrogens is 1. The van der Waals surface area contributed by atoms with Gasteiger partial charge in [0.25, 0.3) is 10.0 Å². The van der Waals surface area contributed by atoms with Crippen molar-refractivity contribution in [2.24, 2.45) is 0 Å². The van der Waals surface area contributed by atoms with Crippen molar-refractivity contribution >= 4 is 47.1 Å². The third-order valence-electron chi connectivity index (χ3n) is 3.32. The van der Waals surface area contributed by atoms with Gasteiger partial charge in [-0.1, -0.05) is 18.2 Å². The number of nitrogens with zero attached hydrogens (tertiary/aromatic N) is 1. The molecule has 24 heavy (non-hydrogen) atoms. The van der Waals surface area contributed by atoms with Crippen LogP contribution in [0.1, 0.15) is 5.56 Å². The number of benzene rings is 2. The first kappa shape index (κ1) is 16.9. The standard InChI is InChI=1S/C15H14N2O4S3/c1-10-5-3-4-6-14(10)24(20,21)17-11-7-8-12-13(9-11)22-15(16-12)23(2,18)19/h3-9,17H,1-2H3. The molecule has 0 spiro atoms. The molecule has 126 valence electrons. The third-order valence-corrected chi connectivity index (χ3v) is 7.56. The summed E-state index contributed by atoms with van der Waals surface area (Å²) in [6.45, 7) is 1.72. The van der Waals surface area contributed by atoms with Gasteiger partial charge in [0, 0.05) is 6.26 Å². The van der Waals surface area contributed by atoms with Gasteiger partial charge in [-0.05, 0) is 36.8 Å². The summed E-state index contributed by atoms with van der Waals surface area (Å²) in [6.07, 6.45) is 1.09. The van der Waals surface area contributed by atoms with Crippen molar-refractivity contribution < 1.29 is 16.8 Å². The van der Waals surface area contributed by atoms with Gasteiger partial charge in [0.15, 0.2) is 0 Å². The van der Waals surface area contributed by atoms with Gasteiger partial charge in [0.05, 0.1) is 20.8 Å². The van der Waals surface area contributed by atoms with Crippen molar-refractivity contribution in [2.45, 2.75) is 16.2 Å². The highest BCUT2D eigenvalue weighted by Gasteiger charge is 2.18. The second-order valence-corrected chi connectivity index (χ2v) is 10.2. The van der Waals surface area contributed by atoms with Crippen LogP contribution in [0.3, 0.4) is 0 Å². The Balaban J connectivity index is 2.00. The first-order valence-corrected chi connectivity index (χ1v) is 11.0. The molecule has 0 aliphatic rings. The van der Waals surface area contributed by atoms with E-state index in [4.69, 9.17) is 0 Å². The second kappa shape index (κ2) is 5.83. The molecule has 0 amide bonds. The minimum atomic E-state index is -3.72. The van der Waals surface area contributed by atoms with Gasteiger partial charge in [-0.25, -0.2) is 21.8 Å². The van der Waals surface area contributed by atoms with Crippen molar-refractivity contribution in [3.05, 3.63) is 48.0 Å². The van der Waals surface area contributed by atoms with Crippen LogP contribution >= 0.6 is 11.3 Å². The van der Waals surface area contributed by atoms with E-state index < -0.39 is 19.9 Å². The Morgan fingerprint density at radius 2 is 1.75 bits per heavy atom. The van der Waals surface area contributed by atoms with Crippen LogP contribution in [0.2, 0.25) is 0 Å². The van der Waals surface area contributed by atoms with E-state index in [1.165, 1.54) is 6.07 Å². The second-order valence-electron chi connectivity index (χ2n) is 5.31. The van der Waals surface area contributed by atoms with Crippen molar-refractivity contribution in [1.82, 2.24) is 4.98 Å². The van der Waals surface area contributed by atoms with Crippen molar-refractivity contribution in [3.8, 4) is 0 Å². The minimum Gasteiger partial charge on any atom is -0.280 e. The van der Waals surface area contributed by atoms with E-state index in [1.54, 1.807) is 43.3 Å². The Kier molecular flexibility index (Phi) is 4.10. The smallest absolute Gasteiger partial charge is 0.262 e. The Hall–Kier alpha value is -1.97. The lowest BCUT2D eigenvalue weighted by Gasteiger charge is -2.10. The lowest BCUT2D eigenvalue weighted by molar-refractivity contribution is 0.599. The van der Waals surface area contributed by atoms with Gasteiger partial charge in [-0.3, -0.25) is 4.72 Å². The number of anilines is 1. The molecule has 0 fully saturated rings. The summed E-state index contributed by atoms with van der Waals surface area (Å²) in [6, 6.07) is 11.4. The summed E-state index contributed by atoms with van der Waals surface area (Å²) in [5.74, 6) is 0. The number of fused-ring (bicyclic) bond motifs is 1. The lowest BCUT2D eigenvalue weighted by atomic mass is 10.2. The van der Waals surface area contributed by atoms with Crippen molar-refractivity contribution in [1.29, 1.82) is 0 Å². The van der Waals surface area contributed by atoms with E-state index in [9.17, 15) is 16.8 Å². The monoisotopic (exact) mass is 382 g/mol. The molecule has 6 nitrogen and oxygen atoms in total. The van der Waals surface area contributed by atoms with E-state index >= 15 is 0 Å². The largest absolute Gasteiger partial charge is 0.280 e. The molecule has 3 rings (SSSR count). The average molecular weight is 382 g/mol. The van der Waals surface area contributed by atoms with Gasteiger partial charge in [0.1, 0.15) is 0 Å². The highest BCUT2D eigenvalue weighted by atomic mass is 32.2. The molecular formula is C15H14N2O4S3. The molecule has 0 atom stereocenters. The van der Waals surface area contributed by atoms with Crippen LogP contribution in [-0.4, -0.2) is 28.1 Å². The third kappa shape index (κ3) is 3.28. The normalized spacial score (nSPS) is 12.4. The predicted molar refractivity (Wildman–Crippen MR) is 94.7 cm³/mol. The number of rotatable bonds is 4. The summed E-state index contributed by atoms with van der Waals surface area (Å²) in [4.78, 5) is 4.25. The fourth-order valence-corrected chi connectivity index (χ4v) is 5.37. The topological polar surface area (TPSA) is 93.2 Å². The maximum Gasteiger partial charge on any atom is 0.262 e. The zero-order valence-electron chi connectivity index (χ0n) is 12.8. The Labute approximate surface area is 144 Å². The van der Waals surface area contributed by atoms with Crippen molar-refractivity contribution in [3.63, 3.8) is 0 Å². The Morgan fingerprint density at radius 3 is 2.42 bits per heavy atom. The molecule has 3 aromatic rings. The first-order valence-electron chi connectivity index (χ1n) is 6.86. The number of sulfonamides is 1. The van der Waals surface area contributed by atoms with Gasteiger partial charge in [-0.15, -0.1) is 11.3 Å². The number of aryl methyl sites for hydroxylation is 1. The molecule has 0 aliphatic heterocycles. The molecule has 1 heterocycles. The molecule has 1 N–H and O–H groups in total. The summed E-state index contributed by atoms with van der Waals surface area (Å²) in [7, 11) is -7.11. The van der Waals surface area contributed by atoms with E-state index in [-0.39, 0.29) is 9.24 Å². The first-order chi connectivity index (χ1) is 11.2. The summed E-state index contributed by atoms with van der Waals surface area (Å²) in [5, 5.41) is 0. The average Bonchev–Trinajstić information content (AvgIpc) is 2.90. The molecule has 0 saturated heterocycles. The van der Waals surface area contributed by atoms with Gasteiger partial charge in [-0.2, -0.15) is 0 Å². The van der Waals surface area contributed by atoms with Crippen molar-refractivity contribution in [2.75, 3.05) is 11.0 Å². The molecule has 0 aliphatic carbocycles. The highest BCUT2D eigenvalue weighted by Crippen LogP contribution is 2.29. The summed E-state index contributed by atoms with van der Waals surface area (Å²) >= 11 is 1.01. The van der Waals surface area contributed by atoms with E-state index in [1.807, 2.05) is 0 Å². The Bertz CT molecular complexity index is 1130.